The molecule has 1 fully saturated rings. The second-order valence-electron chi connectivity index (χ2n) is 7.20. The maximum Gasteiger partial charge on any atom is 0.255 e. The summed E-state index contributed by atoms with van der Waals surface area (Å²) in [4.78, 5) is 41.8. The van der Waals surface area contributed by atoms with Crippen LogP contribution in [0.2, 0.25) is 0 Å². The van der Waals surface area contributed by atoms with Crippen molar-refractivity contribution in [3.63, 3.8) is 0 Å². The third-order valence-corrected chi connectivity index (χ3v) is 4.93. The van der Waals surface area contributed by atoms with Crippen molar-refractivity contribution in [3.8, 4) is 0 Å². The van der Waals surface area contributed by atoms with Crippen molar-refractivity contribution in [1.82, 2.24) is 24.8 Å². The van der Waals surface area contributed by atoms with E-state index in [0.29, 0.717) is 31.1 Å². The predicted molar refractivity (Wildman–Crippen MR) is 104 cm³/mol. The number of hydrogen-bond acceptors (Lipinski definition) is 6. The van der Waals surface area contributed by atoms with Gasteiger partial charge in [0, 0.05) is 57.7 Å². The molecule has 1 N–H and O–H groups in total. The molecule has 2 aromatic heterocycles. The van der Waals surface area contributed by atoms with Crippen molar-refractivity contribution in [2.24, 2.45) is 0 Å². The number of anilines is 1. The molecule has 1 saturated heterocycles. The van der Waals surface area contributed by atoms with Gasteiger partial charge in [-0.3, -0.25) is 24.5 Å². The first-order valence-corrected chi connectivity index (χ1v) is 9.04. The van der Waals surface area contributed by atoms with Gasteiger partial charge in [0.05, 0.1) is 11.3 Å². The van der Waals surface area contributed by atoms with Crippen LogP contribution in [0.1, 0.15) is 28.2 Å². The molecule has 8 nitrogen and oxygen atoms in total. The zero-order chi connectivity index (χ0) is 19.6. The quantitative estimate of drug-likeness (QED) is 0.841. The Kier molecular flexibility index (Phi) is 5.55. The number of nitrogens with one attached hydrogen (secondary N) is 1. The number of carbonyl (C=O) groups is 1. The Morgan fingerprint density at radius 2 is 2.15 bits per heavy atom. The van der Waals surface area contributed by atoms with E-state index < -0.39 is 0 Å². The van der Waals surface area contributed by atoms with Crippen LogP contribution in [0.4, 0.5) is 5.95 Å². The molecular weight excluding hydrogens is 344 g/mol. The summed E-state index contributed by atoms with van der Waals surface area (Å²) in [5.41, 5.74) is 1.97. The molecule has 8 heteroatoms. The molecule has 144 valence electrons. The Hall–Kier alpha value is -2.74. The van der Waals surface area contributed by atoms with Gasteiger partial charge in [-0.25, -0.2) is 4.98 Å². The van der Waals surface area contributed by atoms with Gasteiger partial charge in [0.25, 0.3) is 11.5 Å². The maximum absolute atomic E-state index is 12.8. The van der Waals surface area contributed by atoms with Gasteiger partial charge in [0.1, 0.15) is 0 Å². The number of rotatable bonds is 5. The van der Waals surface area contributed by atoms with Gasteiger partial charge >= 0.3 is 0 Å². The van der Waals surface area contributed by atoms with Crippen molar-refractivity contribution in [1.29, 1.82) is 0 Å². The van der Waals surface area contributed by atoms with Crippen molar-refractivity contribution in [2.45, 2.75) is 25.9 Å². The highest BCUT2D eigenvalue weighted by molar-refractivity contribution is 5.95. The molecule has 1 aliphatic rings. The number of pyridine rings is 1. The van der Waals surface area contributed by atoms with Gasteiger partial charge in [0.2, 0.25) is 5.95 Å². The van der Waals surface area contributed by atoms with Gasteiger partial charge in [0.15, 0.2) is 0 Å². The minimum atomic E-state index is -0.160. The maximum atomic E-state index is 12.8. The number of carbonyl (C=O) groups excluding carboxylic acids is 1. The van der Waals surface area contributed by atoms with Crippen LogP contribution in [-0.2, 0) is 6.54 Å². The third kappa shape index (κ3) is 4.33. The van der Waals surface area contributed by atoms with Crippen LogP contribution in [0.3, 0.4) is 0 Å². The van der Waals surface area contributed by atoms with Gasteiger partial charge in [-0.2, -0.15) is 0 Å². The predicted octanol–water partition coefficient (Wildman–Crippen LogP) is 0.886. The number of H-pyrrole nitrogens is 1. The minimum absolute atomic E-state index is 0.0284. The fourth-order valence-corrected chi connectivity index (χ4v) is 3.34. The molecule has 0 spiro atoms. The van der Waals surface area contributed by atoms with Crippen molar-refractivity contribution in [2.75, 3.05) is 39.1 Å². The molecule has 0 saturated carbocycles. The van der Waals surface area contributed by atoms with Crippen LogP contribution in [0.25, 0.3) is 0 Å². The first-order chi connectivity index (χ1) is 12.8. The summed E-state index contributed by atoms with van der Waals surface area (Å²) < 4.78 is 0. The summed E-state index contributed by atoms with van der Waals surface area (Å²) in [6.45, 7) is 3.79. The first kappa shape index (κ1) is 19.0. The fraction of sp³-hybridized carbons (Fsp3) is 0.474. The van der Waals surface area contributed by atoms with E-state index in [1.807, 2.05) is 39.0 Å². The highest BCUT2D eigenvalue weighted by Crippen LogP contribution is 2.19. The molecule has 3 rings (SSSR count). The van der Waals surface area contributed by atoms with E-state index in [4.69, 9.17) is 0 Å². The molecule has 0 radical (unpaired) electrons. The third-order valence-electron chi connectivity index (χ3n) is 4.93. The average Bonchev–Trinajstić information content (AvgIpc) is 3.11. The standard InChI is InChI=1S/C19H26N6O2/c1-13-16(6-5-8-20-13)18(27)25-9-7-15(12-25)24(4)11-14-10-17(26)22-19(21-14)23(2)3/h5-6,8,10,15H,7,9,11-12H2,1-4H3,(H,21,22,26)/t15-/m1/s1. The molecule has 0 bridgehead atoms. The zero-order valence-electron chi connectivity index (χ0n) is 16.3. The minimum Gasteiger partial charge on any atom is -0.348 e. The number of aromatic nitrogens is 3. The lowest BCUT2D eigenvalue weighted by Crippen LogP contribution is -2.37. The first-order valence-electron chi connectivity index (χ1n) is 9.04. The zero-order valence-corrected chi connectivity index (χ0v) is 16.3. The van der Waals surface area contributed by atoms with Crippen LogP contribution in [0.15, 0.2) is 29.2 Å². The smallest absolute Gasteiger partial charge is 0.255 e. The summed E-state index contributed by atoms with van der Waals surface area (Å²) in [5, 5.41) is 0. The molecular formula is C19H26N6O2. The van der Waals surface area contributed by atoms with E-state index in [0.717, 1.165) is 17.8 Å². The Labute approximate surface area is 158 Å². The molecule has 1 aliphatic heterocycles. The lowest BCUT2D eigenvalue weighted by molar-refractivity contribution is 0.0778. The second-order valence-corrected chi connectivity index (χ2v) is 7.20. The van der Waals surface area contributed by atoms with E-state index in [1.165, 1.54) is 6.07 Å². The number of nitrogens with zero attached hydrogens (tertiary/aromatic N) is 5. The second kappa shape index (κ2) is 7.87. The van der Waals surface area contributed by atoms with Gasteiger partial charge < -0.3 is 9.80 Å². The van der Waals surface area contributed by atoms with Crippen LogP contribution >= 0.6 is 0 Å². The van der Waals surface area contributed by atoms with Crippen LogP contribution in [-0.4, -0.2) is 70.9 Å². The van der Waals surface area contributed by atoms with E-state index in [2.05, 4.69) is 19.9 Å². The van der Waals surface area contributed by atoms with Crippen molar-refractivity contribution >= 4 is 11.9 Å². The Balaban J connectivity index is 1.66. The molecule has 0 aliphatic carbocycles. The van der Waals surface area contributed by atoms with Gasteiger partial charge in [-0.05, 0) is 32.5 Å². The van der Waals surface area contributed by atoms with E-state index in [1.54, 1.807) is 17.2 Å². The Morgan fingerprint density at radius 1 is 1.37 bits per heavy atom. The number of hydrogen-bond donors (Lipinski definition) is 1. The molecule has 27 heavy (non-hydrogen) atoms. The highest BCUT2D eigenvalue weighted by atomic mass is 16.2. The van der Waals surface area contributed by atoms with Crippen LogP contribution in [0, 0.1) is 6.92 Å². The molecule has 0 aromatic carbocycles. The van der Waals surface area contributed by atoms with Gasteiger partial charge in [-0.1, -0.05) is 0 Å². The lowest BCUT2D eigenvalue weighted by atomic mass is 10.2. The Morgan fingerprint density at radius 3 is 2.85 bits per heavy atom. The number of likely N-dealkylation sites (N-methyl/N-ethyl adjacent to an activating group) is 1. The van der Waals surface area contributed by atoms with E-state index >= 15 is 0 Å². The summed E-state index contributed by atoms with van der Waals surface area (Å²) >= 11 is 0. The summed E-state index contributed by atoms with van der Waals surface area (Å²) in [5.74, 6) is 0.571. The SMILES string of the molecule is Cc1ncccc1C(=O)N1CC[C@@H](N(C)Cc2cc(=O)[nH]c(N(C)C)n2)C1. The van der Waals surface area contributed by atoms with Gasteiger partial charge in [-0.15, -0.1) is 0 Å². The van der Waals surface area contributed by atoms with E-state index in [9.17, 15) is 9.59 Å². The highest BCUT2D eigenvalue weighted by Gasteiger charge is 2.30. The molecule has 0 unspecified atom stereocenters. The summed E-state index contributed by atoms with van der Waals surface area (Å²) in [6.07, 6.45) is 2.59. The average molecular weight is 370 g/mol. The summed E-state index contributed by atoms with van der Waals surface area (Å²) in [7, 11) is 5.69. The van der Waals surface area contributed by atoms with Crippen molar-refractivity contribution in [3.05, 3.63) is 51.7 Å². The molecule has 2 aromatic rings. The monoisotopic (exact) mass is 370 g/mol. The lowest BCUT2D eigenvalue weighted by Gasteiger charge is -2.25. The largest absolute Gasteiger partial charge is 0.348 e. The van der Waals surface area contributed by atoms with Crippen LogP contribution < -0.4 is 10.5 Å². The topological polar surface area (TPSA) is 85.4 Å². The number of aromatic amines is 1. The molecule has 1 amide bonds. The molecule has 3 heterocycles. The van der Waals surface area contributed by atoms with Crippen molar-refractivity contribution < 1.29 is 4.79 Å². The number of likely N-dealkylation sites (tertiary alicyclic amines) is 1. The summed E-state index contributed by atoms with van der Waals surface area (Å²) in [6, 6.07) is 5.38. The fourth-order valence-electron chi connectivity index (χ4n) is 3.34. The Bertz CT molecular complexity index is 878. The number of amides is 1. The molecule has 1 atom stereocenters. The van der Waals surface area contributed by atoms with Crippen LogP contribution in [0.5, 0.6) is 0 Å². The van der Waals surface area contributed by atoms with E-state index in [-0.39, 0.29) is 17.5 Å². The normalized spacial score (nSPS) is 16.8. The number of aryl methyl sites for hydroxylation is 1.